The second-order valence-electron chi connectivity index (χ2n) is 13.7. The van der Waals surface area contributed by atoms with Gasteiger partial charge in [-0.1, -0.05) is 24.3 Å². The lowest BCUT2D eigenvalue weighted by Crippen LogP contribution is -2.52. The van der Waals surface area contributed by atoms with Crippen molar-refractivity contribution in [1.82, 2.24) is 19.8 Å². The lowest BCUT2D eigenvalue weighted by molar-refractivity contribution is -0.000553. The normalized spacial score (nSPS) is 19.1. The van der Waals surface area contributed by atoms with Gasteiger partial charge in [-0.15, -0.1) is 0 Å². The third kappa shape index (κ3) is 7.07. The third-order valence-electron chi connectivity index (χ3n) is 9.36. The van der Waals surface area contributed by atoms with Crippen LogP contribution < -0.4 is 4.90 Å². The average Bonchev–Trinajstić information content (AvgIpc) is 3.04. The molecular weight excluding hydrogens is 570 g/mol. The summed E-state index contributed by atoms with van der Waals surface area (Å²) in [4.78, 5) is 41.8. The number of hydrogen-bond donors (Lipinski definition) is 0. The SMILES string of the molecule is COC(=O)c1cc(-c2ccc(CN3CCOCC3)cc2)cc2c(N3CCC4(CCCN(C(=O)OC(C)(C)C)C4)CC3)ncnc12. The van der Waals surface area contributed by atoms with E-state index >= 15 is 0 Å². The van der Waals surface area contributed by atoms with E-state index in [1.54, 1.807) is 6.33 Å². The predicted molar refractivity (Wildman–Crippen MR) is 173 cm³/mol. The smallest absolute Gasteiger partial charge is 0.410 e. The number of carbonyl (C=O) groups is 2. The van der Waals surface area contributed by atoms with Crippen molar-refractivity contribution in [3.63, 3.8) is 0 Å². The number of fused-ring (bicyclic) bond motifs is 1. The molecule has 3 aliphatic rings. The van der Waals surface area contributed by atoms with Gasteiger partial charge in [0.05, 0.1) is 31.4 Å². The molecule has 45 heavy (non-hydrogen) atoms. The van der Waals surface area contributed by atoms with Crippen molar-refractivity contribution in [2.45, 2.75) is 58.6 Å². The van der Waals surface area contributed by atoms with Crippen LogP contribution in [0.15, 0.2) is 42.7 Å². The van der Waals surface area contributed by atoms with E-state index in [9.17, 15) is 9.59 Å². The number of amides is 1. The first-order valence-electron chi connectivity index (χ1n) is 16.1. The summed E-state index contributed by atoms with van der Waals surface area (Å²) in [6, 6.07) is 12.5. The van der Waals surface area contributed by atoms with Crippen LogP contribution in [0.1, 0.15) is 62.4 Å². The number of carbonyl (C=O) groups excluding carboxylic acids is 2. The fraction of sp³-hybridized carbons (Fsp3) is 0.543. The maximum Gasteiger partial charge on any atom is 0.410 e. The molecule has 0 bridgehead atoms. The minimum atomic E-state index is -0.508. The van der Waals surface area contributed by atoms with Gasteiger partial charge in [0, 0.05) is 51.2 Å². The molecule has 0 aliphatic carbocycles. The first-order valence-corrected chi connectivity index (χ1v) is 16.1. The highest BCUT2D eigenvalue weighted by atomic mass is 16.6. The summed E-state index contributed by atoms with van der Waals surface area (Å²) in [6.07, 6.45) is 5.30. The minimum Gasteiger partial charge on any atom is -0.465 e. The molecule has 3 aliphatic heterocycles. The van der Waals surface area contributed by atoms with Crippen molar-refractivity contribution in [2.24, 2.45) is 5.41 Å². The van der Waals surface area contributed by atoms with Crippen molar-refractivity contribution in [3.8, 4) is 11.1 Å². The summed E-state index contributed by atoms with van der Waals surface area (Å²) < 4.78 is 16.4. The Morgan fingerprint density at radius 2 is 1.67 bits per heavy atom. The first-order chi connectivity index (χ1) is 21.6. The summed E-state index contributed by atoms with van der Waals surface area (Å²) in [5.41, 5.74) is 3.77. The van der Waals surface area contributed by atoms with E-state index in [2.05, 4.69) is 45.1 Å². The van der Waals surface area contributed by atoms with Gasteiger partial charge in [0.1, 0.15) is 17.7 Å². The zero-order valence-corrected chi connectivity index (χ0v) is 27.0. The monoisotopic (exact) mass is 615 g/mol. The number of piperidine rings is 2. The van der Waals surface area contributed by atoms with Crippen LogP contribution in [0.3, 0.4) is 0 Å². The molecule has 3 saturated heterocycles. The van der Waals surface area contributed by atoms with E-state index in [1.165, 1.54) is 12.7 Å². The number of benzene rings is 2. The van der Waals surface area contributed by atoms with Crippen molar-refractivity contribution in [3.05, 3.63) is 53.9 Å². The number of anilines is 1. The van der Waals surface area contributed by atoms with E-state index in [-0.39, 0.29) is 11.5 Å². The molecule has 240 valence electrons. The van der Waals surface area contributed by atoms with Crippen LogP contribution in [0.2, 0.25) is 0 Å². The van der Waals surface area contributed by atoms with Gasteiger partial charge < -0.3 is 24.0 Å². The number of rotatable bonds is 5. The van der Waals surface area contributed by atoms with Crippen LogP contribution in [-0.2, 0) is 20.8 Å². The molecule has 0 N–H and O–H groups in total. The topological polar surface area (TPSA) is 97.3 Å². The summed E-state index contributed by atoms with van der Waals surface area (Å²) in [7, 11) is 1.40. The van der Waals surface area contributed by atoms with Gasteiger partial charge in [-0.05, 0) is 80.7 Å². The molecule has 0 unspecified atom stereocenters. The van der Waals surface area contributed by atoms with Crippen molar-refractivity contribution >= 4 is 28.8 Å². The maximum absolute atomic E-state index is 13.0. The summed E-state index contributed by atoms with van der Waals surface area (Å²) in [5.74, 6) is 0.406. The largest absolute Gasteiger partial charge is 0.465 e. The molecule has 10 heteroatoms. The Hall–Kier alpha value is -3.76. The number of likely N-dealkylation sites (tertiary alicyclic amines) is 1. The molecule has 6 rings (SSSR count). The van der Waals surface area contributed by atoms with Crippen molar-refractivity contribution in [1.29, 1.82) is 0 Å². The van der Waals surface area contributed by atoms with E-state index in [4.69, 9.17) is 19.2 Å². The van der Waals surface area contributed by atoms with Crippen LogP contribution in [0.25, 0.3) is 22.0 Å². The van der Waals surface area contributed by atoms with Gasteiger partial charge >= 0.3 is 12.1 Å². The van der Waals surface area contributed by atoms with E-state index in [1.807, 2.05) is 31.7 Å². The van der Waals surface area contributed by atoms with Gasteiger partial charge in [0.15, 0.2) is 0 Å². The number of nitrogens with zero attached hydrogens (tertiary/aromatic N) is 5. The molecule has 0 atom stereocenters. The Labute approximate surface area is 265 Å². The summed E-state index contributed by atoms with van der Waals surface area (Å²) in [5, 5.41) is 0.836. The van der Waals surface area contributed by atoms with Crippen LogP contribution in [-0.4, -0.2) is 97.0 Å². The molecule has 1 aromatic heterocycles. The lowest BCUT2D eigenvalue weighted by Gasteiger charge is -2.48. The number of aromatic nitrogens is 2. The lowest BCUT2D eigenvalue weighted by atomic mass is 9.72. The fourth-order valence-electron chi connectivity index (χ4n) is 6.95. The molecule has 0 radical (unpaired) electrons. The molecule has 10 nitrogen and oxygen atoms in total. The standard InChI is InChI=1S/C35H45N5O5/c1-34(2,3)45-33(42)40-13-5-10-35(23-40)11-14-39(15-12-35)31-28-20-27(21-29(32(41)43-4)30(28)36-24-37-31)26-8-6-25(7-9-26)22-38-16-18-44-19-17-38/h6-9,20-21,24H,5,10-19,22-23H2,1-4H3. The number of esters is 1. The summed E-state index contributed by atoms with van der Waals surface area (Å²) in [6.45, 7) is 13.1. The van der Waals surface area contributed by atoms with Gasteiger partial charge in [0.2, 0.25) is 0 Å². The molecule has 3 aromatic rings. The highest BCUT2D eigenvalue weighted by molar-refractivity contribution is 6.07. The quantitative estimate of drug-likeness (QED) is 0.343. The van der Waals surface area contributed by atoms with Crippen LogP contribution >= 0.6 is 0 Å². The Kier molecular flexibility index (Phi) is 8.97. The predicted octanol–water partition coefficient (Wildman–Crippen LogP) is 5.53. The second-order valence-corrected chi connectivity index (χ2v) is 13.7. The van der Waals surface area contributed by atoms with Crippen LogP contribution in [0.5, 0.6) is 0 Å². The number of morpholine rings is 1. The highest BCUT2D eigenvalue weighted by Gasteiger charge is 2.41. The fourth-order valence-corrected chi connectivity index (χ4v) is 6.95. The average molecular weight is 616 g/mol. The maximum atomic E-state index is 13.0. The van der Waals surface area contributed by atoms with E-state index in [0.717, 1.165) is 107 Å². The Balaban J connectivity index is 1.24. The van der Waals surface area contributed by atoms with Crippen LogP contribution in [0.4, 0.5) is 10.6 Å². The highest BCUT2D eigenvalue weighted by Crippen LogP contribution is 2.42. The van der Waals surface area contributed by atoms with E-state index < -0.39 is 11.6 Å². The molecule has 3 fully saturated rings. The Morgan fingerprint density at radius 1 is 0.933 bits per heavy atom. The molecule has 0 saturated carbocycles. The number of methoxy groups -OCH3 is 1. The first kappa shape index (κ1) is 31.2. The van der Waals surface area contributed by atoms with Crippen molar-refractivity contribution in [2.75, 3.05) is 64.5 Å². The van der Waals surface area contributed by atoms with Gasteiger partial charge in [0.25, 0.3) is 0 Å². The zero-order valence-electron chi connectivity index (χ0n) is 27.0. The minimum absolute atomic E-state index is 0.0692. The van der Waals surface area contributed by atoms with Gasteiger partial charge in [-0.3, -0.25) is 4.90 Å². The third-order valence-corrected chi connectivity index (χ3v) is 9.36. The molecule has 1 amide bonds. The second kappa shape index (κ2) is 12.9. The molecule has 2 aromatic carbocycles. The summed E-state index contributed by atoms with van der Waals surface area (Å²) >= 11 is 0. The molecule has 4 heterocycles. The Bertz CT molecular complexity index is 1520. The molecular formula is C35H45N5O5. The zero-order chi connectivity index (χ0) is 31.6. The number of ether oxygens (including phenoxy) is 3. The van der Waals surface area contributed by atoms with E-state index in [0.29, 0.717) is 11.1 Å². The van der Waals surface area contributed by atoms with Gasteiger partial charge in [-0.25, -0.2) is 19.6 Å². The Morgan fingerprint density at radius 3 is 2.36 bits per heavy atom. The van der Waals surface area contributed by atoms with Crippen molar-refractivity contribution < 1.29 is 23.8 Å². The van der Waals surface area contributed by atoms with Gasteiger partial charge in [-0.2, -0.15) is 0 Å². The van der Waals surface area contributed by atoms with Crippen LogP contribution in [0, 0.1) is 5.41 Å². The molecule has 1 spiro atoms. The number of hydrogen-bond acceptors (Lipinski definition) is 9.